The van der Waals surface area contributed by atoms with Gasteiger partial charge in [-0.25, -0.2) is 0 Å². The Morgan fingerprint density at radius 3 is 2.46 bits per heavy atom. The molecule has 0 aromatic heterocycles. The lowest BCUT2D eigenvalue weighted by Crippen LogP contribution is -2.44. The van der Waals surface area contributed by atoms with Crippen molar-refractivity contribution < 1.29 is 9.59 Å². The Morgan fingerprint density at radius 2 is 1.85 bits per heavy atom. The topological polar surface area (TPSA) is 73.2 Å². The molecule has 2 aromatic rings. The van der Waals surface area contributed by atoms with Crippen LogP contribution >= 0.6 is 35.6 Å². The lowest BCUT2D eigenvalue weighted by Gasteiger charge is -2.15. The van der Waals surface area contributed by atoms with E-state index in [9.17, 15) is 9.59 Å². The summed E-state index contributed by atoms with van der Waals surface area (Å²) in [5.74, 6) is -0.871. The van der Waals surface area contributed by atoms with Crippen LogP contribution in [0, 0.1) is 11.3 Å². The Hall–Kier alpha value is -2.66. The van der Waals surface area contributed by atoms with Crippen molar-refractivity contribution in [3.8, 4) is 6.07 Å². The second-order valence-corrected chi connectivity index (χ2v) is 7.31. The van der Waals surface area contributed by atoms with Crippen molar-refractivity contribution in [3.05, 3.63) is 75.1 Å². The molecular weight excluding hydrogens is 390 g/mol. The first-order valence-corrected chi connectivity index (χ1v) is 8.93. The first-order chi connectivity index (χ1) is 12.5. The summed E-state index contributed by atoms with van der Waals surface area (Å²) in [7, 11) is 0. The molecule has 1 aliphatic heterocycles. The van der Waals surface area contributed by atoms with Gasteiger partial charge in [-0.1, -0.05) is 35.5 Å². The molecule has 0 spiro atoms. The van der Waals surface area contributed by atoms with Crippen LogP contribution in [0.1, 0.15) is 21.5 Å². The van der Waals surface area contributed by atoms with Crippen LogP contribution in [-0.4, -0.2) is 21.1 Å². The molecule has 0 unspecified atom stereocenters. The highest BCUT2D eigenvalue weighted by Gasteiger charge is 2.33. The second kappa shape index (κ2) is 7.70. The van der Waals surface area contributed by atoms with Gasteiger partial charge >= 0.3 is 0 Å². The monoisotopic (exact) mass is 399 g/mol. The Kier molecular flexibility index (Phi) is 5.38. The molecule has 1 saturated heterocycles. The third-order valence-corrected chi connectivity index (χ3v) is 5.01. The fourth-order valence-corrected chi connectivity index (χ4v) is 3.44. The van der Waals surface area contributed by atoms with Gasteiger partial charge in [0.05, 0.1) is 16.5 Å². The average molecular weight is 400 g/mol. The third kappa shape index (κ3) is 3.94. The number of nitrogens with zero attached hydrogens (tertiary/aromatic N) is 2. The number of amides is 2. The number of nitriles is 1. The van der Waals surface area contributed by atoms with Crippen molar-refractivity contribution in [2.45, 2.75) is 0 Å². The maximum Gasteiger partial charge on any atom is 0.285 e. The van der Waals surface area contributed by atoms with Crippen molar-refractivity contribution in [1.29, 1.82) is 5.26 Å². The number of benzene rings is 2. The van der Waals surface area contributed by atoms with Crippen LogP contribution < -0.4 is 5.43 Å². The minimum Gasteiger partial charge on any atom is -0.267 e. The van der Waals surface area contributed by atoms with E-state index in [0.717, 1.165) is 22.3 Å². The van der Waals surface area contributed by atoms with Crippen molar-refractivity contribution in [2.75, 3.05) is 0 Å². The van der Waals surface area contributed by atoms with Gasteiger partial charge in [0, 0.05) is 10.6 Å². The summed E-state index contributed by atoms with van der Waals surface area (Å²) in [6.07, 6.45) is 1.66. The predicted octanol–water partition coefficient (Wildman–Crippen LogP) is 3.76. The van der Waals surface area contributed by atoms with Gasteiger partial charge in [0.2, 0.25) is 0 Å². The smallest absolute Gasteiger partial charge is 0.267 e. The first kappa shape index (κ1) is 18.1. The van der Waals surface area contributed by atoms with E-state index >= 15 is 0 Å². The zero-order valence-electron chi connectivity index (χ0n) is 13.1. The number of carbonyl (C=O) groups is 2. The van der Waals surface area contributed by atoms with Crippen molar-refractivity contribution in [3.63, 3.8) is 0 Å². The Balaban J connectivity index is 1.76. The summed E-state index contributed by atoms with van der Waals surface area (Å²) in [5.41, 5.74) is 4.15. The number of halogens is 1. The molecule has 2 aromatic carbocycles. The van der Waals surface area contributed by atoms with Gasteiger partial charge in [-0.2, -0.15) is 10.3 Å². The number of rotatable bonds is 3. The molecule has 3 rings (SSSR count). The van der Waals surface area contributed by atoms with Crippen LogP contribution in [-0.2, 0) is 4.79 Å². The summed E-state index contributed by atoms with van der Waals surface area (Å²) in [5, 5.41) is 10.4. The lowest BCUT2D eigenvalue weighted by molar-refractivity contribution is -0.123. The van der Waals surface area contributed by atoms with E-state index in [1.54, 1.807) is 54.6 Å². The molecule has 1 fully saturated rings. The molecule has 26 heavy (non-hydrogen) atoms. The van der Waals surface area contributed by atoms with Crippen LogP contribution in [0.5, 0.6) is 0 Å². The molecule has 0 atom stereocenters. The molecule has 0 aliphatic carbocycles. The van der Waals surface area contributed by atoms with E-state index in [0.29, 0.717) is 21.1 Å². The SMILES string of the molecule is N#Cc1ccc(/C=C2/SC(=S)N(NC(=O)c3ccc(Cl)cc3)C2=O)cc1. The molecule has 0 saturated carbocycles. The number of hydrazine groups is 1. The number of nitrogens with one attached hydrogen (secondary N) is 1. The maximum atomic E-state index is 12.5. The predicted molar refractivity (Wildman–Crippen MR) is 105 cm³/mol. The van der Waals surface area contributed by atoms with E-state index in [1.807, 2.05) is 6.07 Å². The van der Waals surface area contributed by atoms with Gasteiger partial charge < -0.3 is 0 Å². The number of carbonyl (C=O) groups excluding carboxylic acids is 2. The second-order valence-electron chi connectivity index (χ2n) is 5.20. The van der Waals surface area contributed by atoms with Crippen LogP contribution in [0.25, 0.3) is 6.08 Å². The molecule has 5 nitrogen and oxygen atoms in total. The summed E-state index contributed by atoms with van der Waals surface area (Å²) < 4.78 is 0.234. The van der Waals surface area contributed by atoms with Crippen molar-refractivity contribution >= 4 is 57.8 Å². The van der Waals surface area contributed by atoms with Crippen LogP contribution in [0.15, 0.2) is 53.4 Å². The number of thiocarbonyl (C=S) groups is 1. The molecule has 8 heteroatoms. The fourth-order valence-electron chi connectivity index (χ4n) is 2.14. The van der Waals surface area contributed by atoms with Gasteiger partial charge in [-0.15, -0.1) is 0 Å². The molecular formula is C18H10ClN3O2S2. The molecule has 0 radical (unpaired) electrons. The highest BCUT2D eigenvalue weighted by Crippen LogP contribution is 2.31. The molecule has 0 bridgehead atoms. The van der Waals surface area contributed by atoms with Gasteiger partial charge in [-0.3, -0.25) is 15.0 Å². The van der Waals surface area contributed by atoms with Gasteiger partial charge in [-0.05, 0) is 60.3 Å². The Bertz CT molecular complexity index is 963. The van der Waals surface area contributed by atoms with Crippen molar-refractivity contribution in [1.82, 2.24) is 10.4 Å². The fraction of sp³-hybridized carbons (Fsp3) is 0. The summed E-state index contributed by atoms with van der Waals surface area (Å²) in [6.45, 7) is 0. The number of hydrogen-bond donors (Lipinski definition) is 1. The highest BCUT2D eigenvalue weighted by atomic mass is 35.5. The van der Waals surface area contributed by atoms with Crippen molar-refractivity contribution in [2.24, 2.45) is 0 Å². The minimum absolute atomic E-state index is 0.234. The van der Waals surface area contributed by atoms with E-state index in [4.69, 9.17) is 29.1 Å². The number of hydrogen-bond acceptors (Lipinski definition) is 5. The summed E-state index contributed by atoms with van der Waals surface area (Å²) in [4.78, 5) is 25.2. The maximum absolute atomic E-state index is 12.5. The van der Waals surface area contributed by atoms with Gasteiger partial charge in [0.1, 0.15) is 0 Å². The standard InChI is InChI=1S/C18H10ClN3O2S2/c19-14-7-5-13(6-8-14)16(23)21-22-17(24)15(26-18(22)25)9-11-1-3-12(10-20)4-2-11/h1-9H,(H,21,23)/b15-9+. The van der Waals surface area contributed by atoms with Crippen LogP contribution in [0.4, 0.5) is 0 Å². The quantitative estimate of drug-likeness (QED) is 0.628. The van der Waals surface area contributed by atoms with Gasteiger partial charge in [0.15, 0.2) is 4.32 Å². The first-order valence-electron chi connectivity index (χ1n) is 7.32. The van der Waals surface area contributed by atoms with Gasteiger partial charge in [0.25, 0.3) is 11.8 Å². The van der Waals surface area contributed by atoms with E-state index in [2.05, 4.69) is 5.43 Å². The summed E-state index contributed by atoms with van der Waals surface area (Å²) >= 11 is 12.1. The van der Waals surface area contributed by atoms with E-state index < -0.39 is 11.8 Å². The van der Waals surface area contributed by atoms with E-state index in [-0.39, 0.29) is 4.32 Å². The Morgan fingerprint density at radius 1 is 1.19 bits per heavy atom. The molecule has 2 amide bonds. The molecule has 1 heterocycles. The zero-order chi connectivity index (χ0) is 18.7. The van der Waals surface area contributed by atoms with E-state index in [1.165, 1.54) is 0 Å². The lowest BCUT2D eigenvalue weighted by atomic mass is 10.1. The molecule has 1 N–H and O–H groups in total. The minimum atomic E-state index is -0.461. The van der Waals surface area contributed by atoms with Crippen LogP contribution in [0.2, 0.25) is 5.02 Å². The zero-order valence-corrected chi connectivity index (χ0v) is 15.5. The highest BCUT2D eigenvalue weighted by molar-refractivity contribution is 8.26. The number of thioether (sulfide) groups is 1. The Labute approximate surface area is 164 Å². The largest absolute Gasteiger partial charge is 0.285 e. The van der Waals surface area contributed by atoms with Crippen LogP contribution in [0.3, 0.4) is 0 Å². The normalized spacial score (nSPS) is 15.2. The summed E-state index contributed by atoms with van der Waals surface area (Å²) in [6, 6.07) is 15.1. The average Bonchev–Trinajstić information content (AvgIpc) is 2.90. The third-order valence-electron chi connectivity index (χ3n) is 3.45. The molecule has 1 aliphatic rings. The molecule has 128 valence electrons.